The molecule has 5 heteroatoms. The van der Waals surface area contributed by atoms with Crippen LogP contribution >= 0.6 is 0 Å². The van der Waals surface area contributed by atoms with Crippen molar-refractivity contribution < 1.29 is 14.4 Å². The first-order chi connectivity index (χ1) is 14.3. The molecule has 1 atom stereocenters. The Balaban J connectivity index is 1.39. The predicted molar refractivity (Wildman–Crippen MR) is 112 cm³/mol. The fourth-order valence-corrected chi connectivity index (χ4v) is 4.24. The van der Waals surface area contributed by atoms with E-state index in [2.05, 4.69) is 48.5 Å². The first-order valence-corrected chi connectivity index (χ1v) is 10.7. The smallest absolute Gasteiger partial charge is 0.224 e. The molecule has 1 amide bonds. The fourth-order valence-electron chi connectivity index (χ4n) is 4.24. The van der Waals surface area contributed by atoms with E-state index in [-0.39, 0.29) is 17.9 Å². The number of ether oxygens (including phenoxy) is 1. The third-order valence-corrected chi connectivity index (χ3v) is 5.79. The maximum atomic E-state index is 12.7. The van der Waals surface area contributed by atoms with E-state index in [0.717, 1.165) is 26.0 Å². The molecule has 2 aromatic carbocycles. The van der Waals surface area contributed by atoms with Crippen LogP contribution in [0.2, 0.25) is 0 Å². The van der Waals surface area contributed by atoms with Crippen LogP contribution in [0.1, 0.15) is 36.3 Å². The molecule has 5 nitrogen and oxygen atoms in total. The maximum Gasteiger partial charge on any atom is 0.224 e. The molecule has 0 unspecified atom stereocenters. The summed E-state index contributed by atoms with van der Waals surface area (Å²) in [7, 11) is 0. The second kappa shape index (κ2) is 10.0. The molecule has 2 aliphatic heterocycles. The number of nitrogens with zero attached hydrogens (tertiary/aromatic N) is 2. The quantitative estimate of drug-likeness (QED) is 0.721. The van der Waals surface area contributed by atoms with Gasteiger partial charge in [-0.15, -0.1) is 0 Å². The Bertz CT molecular complexity index is 723. The molecule has 0 saturated carbocycles. The minimum absolute atomic E-state index is 0.0427. The molecular weight excluding hydrogens is 364 g/mol. The Labute approximate surface area is 173 Å². The van der Waals surface area contributed by atoms with Crippen molar-refractivity contribution in [3.63, 3.8) is 0 Å². The number of morpholine rings is 1. The molecule has 4 rings (SSSR count). The van der Waals surface area contributed by atoms with Gasteiger partial charge in [0, 0.05) is 38.5 Å². The van der Waals surface area contributed by atoms with E-state index in [1.54, 1.807) is 0 Å². The number of hydrogen-bond donors (Lipinski definition) is 0. The lowest BCUT2D eigenvalue weighted by Crippen LogP contribution is -2.46. The third kappa shape index (κ3) is 5.44. The summed E-state index contributed by atoms with van der Waals surface area (Å²) in [5.74, 6) is 0.459. The molecule has 0 N–H and O–H groups in total. The Morgan fingerprint density at radius 1 is 0.966 bits per heavy atom. The summed E-state index contributed by atoms with van der Waals surface area (Å²) in [6.45, 7) is 4.32. The summed E-state index contributed by atoms with van der Waals surface area (Å²) in [6.07, 6.45) is 2.47. The number of rotatable bonds is 7. The van der Waals surface area contributed by atoms with Gasteiger partial charge in [-0.1, -0.05) is 60.7 Å². The minimum Gasteiger partial charge on any atom is -0.375 e. The molecule has 0 radical (unpaired) electrons. The summed E-state index contributed by atoms with van der Waals surface area (Å²) in [5.41, 5.74) is 2.58. The van der Waals surface area contributed by atoms with E-state index < -0.39 is 0 Å². The van der Waals surface area contributed by atoms with Crippen LogP contribution in [0.25, 0.3) is 0 Å². The Kier molecular flexibility index (Phi) is 6.93. The van der Waals surface area contributed by atoms with Gasteiger partial charge in [0.1, 0.15) is 0 Å². The highest BCUT2D eigenvalue weighted by Crippen LogP contribution is 2.31. The monoisotopic (exact) mass is 394 g/mol. The van der Waals surface area contributed by atoms with Crippen molar-refractivity contribution in [3.05, 3.63) is 71.8 Å². The van der Waals surface area contributed by atoms with Crippen molar-refractivity contribution in [1.82, 2.24) is 9.96 Å². The molecule has 0 bridgehead atoms. The Hall–Kier alpha value is -2.21. The Morgan fingerprint density at radius 3 is 2.28 bits per heavy atom. The zero-order chi connectivity index (χ0) is 19.9. The molecule has 2 fully saturated rings. The summed E-state index contributed by atoms with van der Waals surface area (Å²) in [5, 5.41) is 1.91. The van der Waals surface area contributed by atoms with E-state index >= 15 is 0 Å². The van der Waals surface area contributed by atoms with Crippen molar-refractivity contribution >= 4 is 5.91 Å². The zero-order valence-electron chi connectivity index (χ0n) is 16.9. The number of amides is 1. The van der Waals surface area contributed by atoms with Crippen LogP contribution in [0.15, 0.2) is 60.7 Å². The average Bonchev–Trinajstić information content (AvgIpc) is 3.31. The molecule has 2 heterocycles. The van der Waals surface area contributed by atoms with Crippen LogP contribution < -0.4 is 0 Å². The fraction of sp³-hybridized carbons (Fsp3) is 0.458. The van der Waals surface area contributed by atoms with E-state index in [4.69, 9.17) is 9.57 Å². The van der Waals surface area contributed by atoms with Gasteiger partial charge in [-0.25, -0.2) is 0 Å². The van der Waals surface area contributed by atoms with Gasteiger partial charge >= 0.3 is 0 Å². The molecular formula is C24H30N2O3. The van der Waals surface area contributed by atoms with Crippen molar-refractivity contribution in [2.45, 2.75) is 31.3 Å². The number of hydrogen-bond acceptors (Lipinski definition) is 4. The lowest BCUT2D eigenvalue weighted by molar-refractivity contribution is -0.145. The highest BCUT2D eigenvalue weighted by atomic mass is 16.7. The van der Waals surface area contributed by atoms with Crippen LogP contribution in [-0.2, 0) is 14.4 Å². The van der Waals surface area contributed by atoms with Gasteiger partial charge in [0.25, 0.3) is 0 Å². The number of carbonyl (C=O) groups excluding carboxylic acids is 1. The largest absolute Gasteiger partial charge is 0.375 e. The number of carbonyl (C=O) groups is 1. The highest BCUT2D eigenvalue weighted by molar-refractivity contribution is 5.76. The Morgan fingerprint density at radius 2 is 1.66 bits per heavy atom. The van der Waals surface area contributed by atoms with Gasteiger partial charge in [0.2, 0.25) is 5.91 Å². The van der Waals surface area contributed by atoms with Crippen LogP contribution in [0, 0.1) is 0 Å². The highest BCUT2D eigenvalue weighted by Gasteiger charge is 2.28. The van der Waals surface area contributed by atoms with E-state index in [1.165, 1.54) is 11.1 Å². The summed E-state index contributed by atoms with van der Waals surface area (Å²) < 4.78 is 6.08. The standard InChI is InChI=1S/C24H30N2O3/c27-24(12-14-26-13-7-16-29-26)25-15-17-28-22(19-25)18-23(20-8-3-1-4-9-20)21-10-5-2-6-11-21/h1-6,8-11,22-23H,7,12-19H2/t22-/m1/s1. The summed E-state index contributed by atoms with van der Waals surface area (Å²) in [4.78, 5) is 20.2. The molecule has 0 spiro atoms. The van der Waals surface area contributed by atoms with E-state index in [0.29, 0.717) is 32.7 Å². The van der Waals surface area contributed by atoms with Gasteiger partial charge < -0.3 is 9.64 Å². The molecule has 0 aromatic heterocycles. The van der Waals surface area contributed by atoms with Gasteiger partial charge in [-0.2, -0.15) is 5.06 Å². The normalized spacial score (nSPS) is 20.3. The summed E-state index contributed by atoms with van der Waals surface area (Å²) in [6, 6.07) is 21.2. The number of benzene rings is 2. The van der Waals surface area contributed by atoms with Crippen LogP contribution in [0.3, 0.4) is 0 Å². The second-order valence-corrected chi connectivity index (χ2v) is 7.81. The predicted octanol–water partition coefficient (Wildman–Crippen LogP) is 3.46. The van der Waals surface area contributed by atoms with Crippen LogP contribution in [-0.4, -0.2) is 61.4 Å². The molecule has 2 aliphatic rings. The first kappa shape index (κ1) is 20.1. The topological polar surface area (TPSA) is 42.0 Å². The molecule has 154 valence electrons. The van der Waals surface area contributed by atoms with Gasteiger partial charge in [-0.3, -0.25) is 9.63 Å². The van der Waals surface area contributed by atoms with Crippen molar-refractivity contribution in [2.24, 2.45) is 0 Å². The van der Waals surface area contributed by atoms with Crippen LogP contribution in [0.4, 0.5) is 0 Å². The lowest BCUT2D eigenvalue weighted by atomic mass is 9.86. The van der Waals surface area contributed by atoms with Crippen molar-refractivity contribution in [1.29, 1.82) is 0 Å². The van der Waals surface area contributed by atoms with Crippen LogP contribution in [0.5, 0.6) is 0 Å². The SMILES string of the molecule is O=C(CCN1CCCO1)N1CCO[C@H](CC(c2ccccc2)c2ccccc2)C1. The zero-order valence-corrected chi connectivity index (χ0v) is 16.9. The number of hydroxylamine groups is 2. The molecule has 2 saturated heterocycles. The van der Waals surface area contributed by atoms with Crippen molar-refractivity contribution in [3.8, 4) is 0 Å². The van der Waals surface area contributed by atoms with Gasteiger partial charge in [0.05, 0.1) is 19.3 Å². The lowest BCUT2D eigenvalue weighted by Gasteiger charge is -2.35. The average molecular weight is 395 g/mol. The molecule has 0 aliphatic carbocycles. The second-order valence-electron chi connectivity index (χ2n) is 7.81. The molecule has 2 aromatic rings. The van der Waals surface area contributed by atoms with E-state index in [1.807, 2.05) is 22.1 Å². The third-order valence-electron chi connectivity index (χ3n) is 5.79. The maximum absolute atomic E-state index is 12.7. The van der Waals surface area contributed by atoms with E-state index in [9.17, 15) is 4.79 Å². The first-order valence-electron chi connectivity index (χ1n) is 10.7. The van der Waals surface area contributed by atoms with Gasteiger partial charge in [0.15, 0.2) is 0 Å². The summed E-state index contributed by atoms with van der Waals surface area (Å²) >= 11 is 0. The molecule has 29 heavy (non-hydrogen) atoms. The van der Waals surface area contributed by atoms with Crippen molar-refractivity contribution in [2.75, 3.05) is 39.4 Å². The minimum atomic E-state index is 0.0427. The van der Waals surface area contributed by atoms with Gasteiger partial charge in [-0.05, 0) is 24.0 Å².